The van der Waals surface area contributed by atoms with Gasteiger partial charge in [-0.3, -0.25) is 4.98 Å². The van der Waals surface area contributed by atoms with E-state index >= 15 is 0 Å². The second kappa shape index (κ2) is 7.31. The Kier molecular flexibility index (Phi) is 4.95. The molecule has 2 nitrogen and oxygen atoms in total. The third-order valence-corrected chi connectivity index (χ3v) is 4.43. The van der Waals surface area contributed by atoms with Crippen LogP contribution in [0.3, 0.4) is 0 Å². The summed E-state index contributed by atoms with van der Waals surface area (Å²) in [6, 6.07) is 21.5. The molecule has 3 aromatic rings. The predicted molar refractivity (Wildman–Crippen MR) is 103 cm³/mol. The van der Waals surface area contributed by atoms with Crippen molar-refractivity contribution in [3.05, 3.63) is 83.7 Å². The number of aryl methyl sites for hydroxylation is 2. The molecule has 0 aliphatic rings. The zero-order chi connectivity index (χ0) is 16.9. The highest BCUT2D eigenvalue weighted by atomic mass is 15.1. The average molecular weight is 316 g/mol. The maximum absolute atomic E-state index is 4.41. The van der Waals surface area contributed by atoms with Crippen LogP contribution in [-0.4, -0.2) is 18.6 Å². The Morgan fingerprint density at radius 3 is 2.33 bits per heavy atom. The third kappa shape index (κ3) is 3.83. The van der Waals surface area contributed by atoms with Gasteiger partial charge in [-0.2, -0.15) is 0 Å². The summed E-state index contributed by atoms with van der Waals surface area (Å²) in [6.45, 7) is 5.25. The standard InChI is InChI=1S/C22H24N2/c1-17-7-10-19(11-8-17)20-12-9-18(2)22(16-20)24(3)15-13-21-6-4-5-14-23-21/h4-12,14,16H,13,15H2,1-3H3. The van der Waals surface area contributed by atoms with E-state index < -0.39 is 0 Å². The molecule has 2 aromatic carbocycles. The van der Waals surface area contributed by atoms with Gasteiger partial charge in [-0.05, 0) is 48.7 Å². The zero-order valence-electron chi connectivity index (χ0n) is 14.7. The molecule has 0 saturated heterocycles. The van der Waals surface area contributed by atoms with E-state index in [4.69, 9.17) is 0 Å². The van der Waals surface area contributed by atoms with E-state index in [2.05, 4.69) is 79.3 Å². The van der Waals surface area contributed by atoms with Crippen molar-refractivity contribution < 1.29 is 0 Å². The number of aromatic nitrogens is 1. The molecule has 0 radical (unpaired) electrons. The van der Waals surface area contributed by atoms with Gasteiger partial charge >= 0.3 is 0 Å². The Bertz CT molecular complexity index is 792. The van der Waals surface area contributed by atoms with E-state index in [0.29, 0.717) is 0 Å². The minimum Gasteiger partial charge on any atom is -0.374 e. The van der Waals surface area contributed by atoms with Crippen LogP contribution < -0.4 is 4.90 Å². The molecule has 122 valence electrons. The van der Waals surface area contributed by atoms with Crippen LogP contribution in [-0.2, 0) is 6.42 Å². The lowest BCUT2D eigenvalue weighted by atomic mass is 10.0. The maximum atomic E-state index is 4.41. The number of benzene rings is 2. The van der Waals surface area contributed by atoms with Crippen molar-refractivity contribution in [3.63, 3.8) is 0 Å². The molecule has 0 bridgehead atoms. The summed E-state index contributed by atoms with van der Waals surface area (Å²) in [5.74, 6) is 0. The van der Waals surface area contributed by atoms with Crippen LogP contribution in [0.4, 0.5) is 5.69 Å². The van der Waals surface area contributed by atoms with Crippen LogP contribution in [0.25, 0.3) is 11.1 Å². The summed E-state index contributed by atoms with van der Waals surface area (Å²) in [6.07, 6.45) is 2.81. The predicted octanol–water partition coefficient (Wildman–Crippen LogP) is 5.04. The van der Waals surface area contributed by atoms with Crippen LogP contribution in [0, 0.1) is 13.8 Å². The molecule has 0 N–H and O–H groups in total. The average Bonchev–Trinajstić information content (AvgIpc) is 2.62. The van der Waals surface area contributed by atoms with Gasteiger partial charge in [0, 0.05) is 37.6 Å². The first-order valence-corrected chi connectivity index (χ1v) is 8.42. The summed E-state index contributed by atoms with van der Waals surface area (Å²) >= 11 is 0. The highest BCUT2D eigenvalue weighted by Gasteiger charge is 2.08. The van der Waals surface area contributed by atoms with Crippen molar-refractivity contribution in [2.75, 3.05) is 18.5 Å². The lowest BCUT2D eigenvalue weighted by Gasteiger charge is -2.22. The van der Waals surface area contributed by atoms with E-state index in [1.807, 2.05) is 18.3 Å². The van der Waals surface area contributed by atoms with Crippen molar-refractivity contribution in [2.45, 2.75) is 20.3 Å². The van der Waals surface area contributed by atoms with Gasteiger partial charge in [0.15, 0.2) is 0 Å². The third-order valence-electron chi connectivity index (χ3n) is 4.43. The molecule has 0 amide bonds. The first-order chi connectivity index (χ1) is 11.6. The first kappa shape index (κ1) is 16.3. The van der Waals surface area contributed by atoms with Gasteiger partial charge in [0.1, 0.15) is 0 Å². The smallest absolute Gasteiger partial charge is 0.0421 e. The molecule has 0 aliphatic carbocycles. The number of nitrogens with zero attached hydrogens (tertiary/aromatic N) is 2. The monoisotopic (exact) mass is 316 g/mol. The lowest BCUT2D eigenvalue weighted by molar-refractivity contribution is 0.850. The summed E-state index contributed by atoms with van der Waals surface area (Å²) in [5.41, 5.74) is 7.54. The van der Waals surface area contributed by atoms with Crippen LogP contribution in [0.2, 0.25) is 0 Å². The van der Waals surface area contributed by atoms with E-state index in [1.54, 1.807) is 0 Å². The maximum Gasteiger partial charge on any atom is 0.0421 e. The van der Waals surface area contributed by atoms with E-state index in [9.17, 15) is 0 Å². The Morgan fingerprint density at radius 1 is 0.875 bits per heavy atom. The highest BCUT2D eigenvalue weighted by molar-refractivity contribution is 5.70. The Morgan fingerprint density at radius 2 is 1.62 bits per heavy atom. The molecule has 0 saturated carbocycles. The van der Waals surface area contributed by atoms with Crippen molar-refractivity contribution in [1.82, 2.24) is 4.98 Å². The fourth-order valence-electron chi connectivity index (χ4n) is 2.89. The highest BCUT2D eigenvalue weighted by Crippen LogP contribution is 2.27. The SMILES string of the molecule is Cc1ccc(-c2ccc(C)c(N(C)CCc3ccccn3)c2)cc1. The molecule has 1 heterocycles. The normalized spacial score (nSPS) is 10.6. The molecule has 0 aliphatic heterocycles. The summed E-state index contributed by atoms with van der Waals surface area (Å²) in [5, 5.41) is 0. The molecule has 3 rings (SSSR count). The molecule has 0 unspecified atom stereocenters. The number of likely N-dealkylation sites (N-methyl/N-ethyl adjacent to an activating group) is 1. The van der Waals surface area contributed by atoms with E-state index in [0.717, 1.165) is 18.7 Å². The first-order valence-electron chi connectivity index (χ1n) is 8.42. The van der Waals surface area contributed by atoms with Gasteiger partial charge in [-0.15, -0.1) is 0 Å². The van der Waals surface area contributed by atoms with Gasteiger partial charge in [0.05, 0.1) is 0 Å². The Balaban J connectivity index is 1.79. The Hall–Kier alpha value is -2.61. The number of pyridine rings is 1. The van der Waals surface area contributed by atoms with E-state index in [-0.39, 0.29) is 0 Å². The van der Waals surface area contributed by atoms with Gasteiger partial charge < -0.3 is 4.90 Å². The number of hydrogen-bond acceptors (Lipinski definition) is 2. The summed E-state index contributed by atoms with van der Waals surface area (Å²) < 4.78 is 0. The van der Waals surface area contributed by atoms with Gasteiger partial charge in [-0.25, -0.2) is 0 Å². The molecule has 0 spiro atoms. The van der Waals surface area contributed by atoms with Crippen LogP contribution in [0.1, 0.15) is 16.8 Å². The van der Waals surface area contributed by atoms with Crippen LogP contribution >= 0.6 is 0 Å². The molecular formula is C22H24N2. The second-order valence-corrected chi connectivity index (χ2v) is 6.36. The number of hydrogen-bond donors (Lipinski definition) is 0. The minimum absolute atomic E-state index is 0.950. The number of anilines is 1. The van der Waals surface area contributed by atoms with Crippen molar-refractivity contribution in [3.8, 4) is 11.1 Å². The fraction of sp³-hybridized carbons (Fsp3) is 0.227. The molecule has 1 aromatic heterocycles. The molecular weight excluding hydrogens is 292 g/mol. The minimum atomic E-state index is 0.950. The summed E-state index contributed by atoms with van der Waals surface area (Å²) in [7, 11) is 2.16. The van der Waals surface area contributed by atoms with Crippen LogP contribution in [0.15, 0.2) is 66.9 Å². The second-order valence-electron chi connectivity index (χ2n) is 6.36. The molecule has 2 heteroatoms. The van der Waals surface area contributed by atoms with Crippen molar-refractivity contribution in [1.29, 1.82) is 0 Å². The van der Waals surface area contributed by atoms with Gasteiger partial charge in [0.2, 0.25) is 0 Å². The largest absolute Gasteiger partial charge is 0.374 e. The number of rotatable bonds is 5. The van der Waals surface area contributed by atoms with E-state index in [1.165, 1.54) is 27.9 Å². The zero-order valence-corrected chi connectivity index (χ0v) is 14.7. The van der Waals surface area contributed by atoms with Crippen molar-refractivity contribution in [2.24, 2.45) is 0 Å². The molecule has 0 fully saturated rings. The Labute approximate surface area is 144 Å². The molecule has 0 atom stereocenters. The quantitative estimate of drug-likeness (QED) is 0.655. The topological polar surface area (TPSA) is 16.1 Å². The molecule has 24 heavy (non-hydrogen) atoms. The summed E-state index contributed by atoms with van der Waals surface area (Å²) in [4.78, 5) is 6.73. The van der Waals surface area contributed by atoms with Gasteiger partial charge in [-0.1, -0.05) is 48.0 Å². The van der Waals surface area contributed by atoms with Crippen molar-refractivity contribution >= 4 is 5.69 Å². The van der Waals surface area contributed by atoms with Crippen LogP contribution in [0.5, 0.6) is 0 Å². The lowest BCUT2D eigenvalue weighted by Crippen LogP contribution is -2.21. The fourth-order valence-corrected chi connectivity index (χ4v) is 2.89. The van der Waals surface area contributed by atoms with Gasteiger partial charge in [0.25, 0.3) is 0 Å².